The van der Waals surface area contributed by atoms with Crippen LogP contribution in [0, 0.1) is 12.0 Å². The van der Waals surface area contributed by atoms with Crippen molar-refractivity contribution in [3.63, 3.8) is 0 Å². The van der Waals surface area contributed by atoms with Crippen molar-refractivity contribution in [2.45, 2.75) is 19.8 Å². The molecule has 1 atom stereocenters. The second-order valence-corrected chi connectivity index (χ2v) is 15.5. The van der Waals surface area contributed by atoms with Gasteiger partial charge in [0.25, 0.3) is 5.70 Å². The van der Waals surface area contributed by atoms with E-state index in [1.807, 2.05) is 132 Å². The van der Waals surface area contributed by atoms with Crippen LogP contribution in [0.15, 0.2) is 84.1 Å². The predicted octanol–water partition coefficient (Wildman–Crippen LogP) is 8.65. The van der Waals surface area contributed by atoms with Crippen LogP contribution in [-0.4, -0.2) is 79.8 Å². The summed E-state index contributed by atoms with van der Waals surface area (Å²) >= 11 is 0. The van der Waals surface area contributed by atoms with Gasteiger partial charge in [-0.05, 0) is 62.8 Å². The molecule has 6 aromatic rings. The summed E-state index contributed by atoms with van der Waals surface area (Å²) in [7, 11) is 15.6. The Morgan fingerprint density at radius 1 is 0.672 bits per heavy atom. The molecule has 11 heteroatoms. The molecule has 1 aliphatic rings. The number of benzene rings is 6. The topological polar surface area (TPSA) is 116 Å². The summed E-state index contributed by atoms with van der Waals surface area (Å²) in [6.07, 6.45) is 0. The van der Waals surface area contributed by atoms with Gasteiger partial charge in [0, 0.05) is 120 Å². The van der Waals surface area contributed by atoms with E-state index in [0.717, 1.165) is 60.5 Å². The standard InChI is InChI=1S/C47H46N8O3/c1-25(56)50-33-22-36(52(4)5)40-31(20-27-16-12-14-18-29(27)45(40)54(8)9)38(33)43-42(35(24-48)49-3)44(47(43)58)39-32-21-28-17-13-15-19-30(28)46(55(10)11)41(32)37(53(6)7)23-34(39)51-26(2)57/h12-23,43,48H,1-2,4-11H3,(H,50,56)(H,51,57). The fourth-order valence-electron chi connectivity index (χ4n) is 8.66. The third kappa shape index (κ3) is 6.15. The number of carbonyl (C=O) groups is 3. The Labute approximate surface area is 338 Å². The highest BCUT2D eigenvalue weighted by molar-refractivity contribution is 6.40. The molecule has 292 valence electrons. The van der Waals surface area contributed by atoms with Crippen molar-refractivity contribution in [3.8, 4) is 0 Å². The normalized spacial score (nSPS) is 13.6. The average Bonchev–Trinajstić information content (AvgIpc) is 3.16. The zero-order chi connectivity index (χ0) is 41.9. The number of Topliss-reactive ketones (excluding diaryl/α,β-unsaturated/α-hetero) is 1. The molecule has 0 heterocycles. The molecule has 0 aromatic heterocycles. The first kappa shape index (κ1) is 39.1. The molecule has 2 amide bonds. The Morgan fingerprint density at radius 2 is 1.14 bits per heavy atom. The quantitative estimate of drug-likeness (QED) is 0.0766. The number of ketones is 1. The lowest BCUT2D eigenvalue weighted by Crippen LogP contribution is -2.31. The lowest BCUT2D eigenvalue weighted by Gasteiger charge is -2.37. The van der Waals surface area contributed by atoms with Crippen molar-refractivity contribution >= 4 is 106 Å². The van der Waals surface area contributed by atoms with E-state index in [-0.39, 0.29) is 28.9 Å². The van der Waals surface area contributed by atoms with E-state index in [1.165, 1.54) is 13.8 Å². The number of nitrogens with one attached hydrogen (secondary N) is 3. The number of carbonyl (C=O) groups excluding carboxylic acids is 3. The van der Waals surface area contributed by atoms with Crippen LogP contribution >= 0.6 is 0 Å². The maximum atomic E-state index is 15.5. The number of fused-ring (bicyclic) bond motifs is 4. The maximum absolute atomic E-state index is 15.5. The Bertz CT molecular complexity index is 2910. The zero-order valence-corrected chi connectivity index (χ0v) is 34.5. The fraction of sp³-hybridized carbons (Fsp3) is 0.234. The Kier molecular flexibility index (Phi) is 9.93. The summed E-state index contributed by atoms with van der Waals surface area (Å²) in [5, 5.41) is 21.5. The van der Waals surface area contributed by atoms with E-state index in [9.17, 15) is 9.59 Å². The smallest absolute Gasteiger partial charge is 0.251 e. The molecule has 58 heavy (non-hydrogen) atoms. The second-order valence-electron chi connectivity index (χ2n) is 15.5. The summed E-state index contributed by atoms with van der Waals surface area (Å²) in [5.74, 6) is 0.309. The van der Waals surface area contributed by atoms with Crippen LogP contribution in [0.25, 0.3) is 53.5 Å². The predicted molar refractivity (Wildman–Crippen MR) is 241 cm³/mol. The van der Waals surface area contributed by atoms with Gasteiger partial charge in [0.15, 0.2) is 5.78 Å². The number of anilines is 6. The van der Waals surface area contributed by atoms with E-state index in [0.29, 0.717) is 33.5 Å². The highest BCUT2D eigenvalue weighted by atomic mass is 16.2. The minimum Gasteiger partial charge on any atom is -0.377 e. The van der Waals surface area contributed by atoms with Crippen LogP contribution < -0.4 is 30.2 Å². The third-order valence-electron chi connectivity index (χ3n) is 10.8. The number of allylic oxidation sites excluding steroid dienone is 2. The number of hydrogen-bond donors (Lipinski definition) is 3. The molecular weight excluding hydrogens is 725 g/mol. The van der Waals surface area contributed by atoms with Gasteiger partial charge < -0.3 is 30.2 Å². The van der Waals surface area contributed by atoms with Crippen LogP contribution in [0.5, 0.6) is 0 Å². The number of nitrogens with zero attached hydrogens (tertiary/aromatic N) is 5. The SMILES string of the molecule is [C-]#[N+]C(=C=N)C1=C(c2c(NC(C)=O)cc(N(C)C)c3c(N(C)C)c4ccccc4cc23)C(=O)C1c1c(NC(C)=O)cc(N(C)C)c2c(N(C)C)c3ccccc3cc12. The number of amides is 2. The van der Waals surface area contributed by atoms with Crippen LogP contribution in [-0.2, 0) is 14.4 Å². The molecule has 0 bridgehead atoms. The van der Waals surface area contributed by atoms with Gasteiger partial charge in [0.05, 0.1) is 29.6 Å². The zero-order valence-electron chi connectivity index (χ0n) is 34.5. The molecule has 11 nitrogen and oxygen atoms in total. The van der Waals surface area contributed by atoms with Crippen LogP contribution in [0.2, 0.25) is 0 Å². The van der Waals surface area contributed by atoms with E-state index in [1.54, 1.807) is 0 Å². The van der Waals surface area contributed by atoms with Gasteiger partial charge in [0.2, 0.25) is 11.8 Å². The van der Waals surface area contributed by atoms with Crippen LogP contribution in [0.4, 0.5) is 34.1 Å². The van der Waals surface area contributed by atoms with E-state index in [2.05, 4.69) is 38.4 Å². The molecule has 0 fully saturated rings. The highest BCUT2D eigenvalue weighted by Crippen LogP contribution is 2.57. The van der Waals surface area contributed by atoms with Gasteiger partial charge in [-0.25, -0.2) is 4.85 Å². The lowest BCUT2D eigenvalue weighted by molar-refractivity contribution is -0.116. The Hall–Kier alpha value is -7.15. The highest BCUT2D eigenvalue weighted by Gasteiger charge is 2.46. The van der Waals surface area contributed by atoms with Crippen molar-refractivity contribution in [1.82, 2.24) is 0 Å². The largest absolute Gasteiger partial charge is 0.377 e. The molecule has 0 saturated heterocycles. The number of hydrogen-bond acceptors (Lipinski definition) is 8. The average molecular weight is 771 g/mol. The molecule has 1 aliphatic carbocycles. The van der Waals surface area contributed by atoms with E-state index in [4.69, 9.17) is 12.0 Å². The van der Waals surface area contributed by atoms with Crippen molar-refractivity contribution in [2.75, 3.05) is 86.6 Å². The van der Waals surface area contributed by atoms with Crippen molar-refractivity contribution in [3.05, 3.63) is 107 Å². The molecule has 0 spiro atoms. The maximum Gasteiger partial charge on any atom is 0.251 e. The fourth-order valence-corrected chi connectivity index (χ4v) is 8.66. The molecule has 1 unspecified atom stereocenters. The van der Waals surface area contributed by atoms with Crippen molar-refractivity contribution < 1.29 is 14.4 Å². The molecule has 6 aromatic carbocycles. The molecule has 3 N–H and O–H groups in total. The summed E-state index contributed by atoms with van der Waals surface area (Å²) in [6, 6.07) is 23.9. The first-order valence-corrected chi connectivity index (χ1v) is 18.9. The lowest BCUT2D eigenvalue weighted by atomic mass is 9.66. The molecule has 0 saturated carbocycles. The second kappa shape index (κ2) is 14.7. The summed E-state index contributed by atoms with van der Waals surface area (Å²) in [6.45, 7) is 11.2. The summed E-state index contributed by atoms with van der Waals surface area (Å²) < 4.78 is 0. The van der Waals surface area contributed by atoms with Gasteiger partial charge >= 0.3 is 0 Å². The molecule has 0 aliphatic heterocycles. The van der Waals surface area contributed by atoms with Gasteiger partial charge in [-0.1, -0.05) is 48.5 Å². The van der Waals surface area contributed by atoms with Crippen molar-refractivity contribution in [1.29, 1.82) is 5.41 Å². The van der Waals surface area contributed by atoms with Crippen molar-refractivity contribution in [2.24, 2.45) is 0 Å². The summed E-state index contributed by atoms with van der Waals surface area (Å²) in [5.41, 5.74) is 5.64. The van der Waals surface area contributed by atoms with Gasteiger partial charge in [-0.15, -0.1) is 0 Å². The van der Waals surface area contributed by atoms with E-state index >= 15 is 4.79 Å². The monoisotopic (exact) mass is 770 g/mol. The van der Waals surface area contributed by atoms with Crippen LogP contribution in [0.3, 0.4) is 0 Å². The minimum atomic E-state index is -1.07. The first-order valence-electron chi connectivity index (χ1n) is 18.9. The molecule has 0 radical (unpaired) electrons. The van der Waals surface area contributed by atoms with Gasteiger partial charge in [0.1, 0.15) is 0 Å². The minimum absolute atomic E-state index is 0.140. The van der Waals surface area contributed by atoms with E-state index < -0.39 is 5.92 Å². The Morgan fingerprint density at radius 3 is 1.60 bits per heavy atom. The van der Waals surface area contributed by atoms with Gasteiger partial charge in [-0.3, -0.25) is 19.8 Å². The summed E-state index contributed by atoms with van der Waals surface area (Å²) in [4.78, 5) is 53.4. The van der Waals surface area contributed by atoms with Gasteiger partial charge in [-0.2, -0.15) is 0 Å². The third-order valence-corrected chi connectivity index (χ3v) is 10.8. The Balaban J connectivity index is 1.71. The molecule has 7 rings (SSSR count). The molecular formula is C47H46N8O3. The number of rotatable bonds is 9. The van der Waals surface area contributed by atoms with Crippen LogP contribution in [0.1, 0.15) is 30.9 Å². The first-order chi connectivity index (χ1) is 27.6.